The molecule has 1 saturated carbocycles. The highest BCUT2D eigenvalue weighted by molar-refractivity contribution is 6.31. The molecule has 3 heteroatoms. The zero-order valence-electron chi connectivity index (χ0n) is 12.0. The van der Waals surface area contributed by atoms with Gasteiger partial charge in [-0.25, -0.2) is 0 Å². The average molecular weight is 281 g/mol. The van der Waals surface area contributed by atoms with Crippen LogP contribution < -0.4 is 10.6 Å². The summed E-state index contributed by atoms with van der Waals surface area (Å²) in [6, 6.07) is 7.30. The van der Waals surface area contributed by atoms with Crippen LogP contribution in [0.4, 0.5) is 5.69 Å². The Bertz CT molecular complexity index is 413. The van der Waals surface area contributed by atoms with E-state index in [1.807, 2.05) is 0 Å². The third-order valence-electron chi connectivity index (χ3n) is 4.32. The van der Waals surface area contributed by atoms with E-state index < -0.39 is 0 Å². The highest BCUT2D eigenvalue weighted by atomic mass is 35.5. The first kappa shape index (κ1) is 14.7. The van der Waals surface area contributed by atoms with Gasteiger partial charge in [-0.15, -0.1) is 0 Å². The van der Waals surface area contributed by atoms with Crippen molar-refractivity contribution in [3.05, 3.63) is 28.8 Å². The molecule has 106 valence electrons. The molecule has 1 aromatic rings. The molecule has 1 fully saturated rings. The summed E-state index contributed by atoms with van der Waals surface area (Å²) >= 11 is 6.40. The van der Waals surface area contributed by atoms with Crippen molar-refractivity contribution < 1.29 is 0 Å². The summed E-state index contributed by atoms with van der Waals surface area (Å²) in [7, 11) is 2.18. The Morgan fingerprint density at radius 2 is 2.05 bits per heavy atom. The SMILES string of the molecule is CCC(N)Cc1ccc(N(C)C2CCCC2)cc1Cl. The summed E-state index contributed by atoms with van der Waals surface area (Å²) in [4.78, 5) is 2.38. The van der Waals surface area contributed by atoms with E-state index >= 15 is 0 Å². The quantitative estimate of drug-likeness (QED) is 0.883. The van der Waals surface area contributed by atoms with Gasteiger partial charge < -0.3 is 10.6 Å². The van der Waals surface area contributed by atoms with Gasteiger partial charge in [0.25, 0.3) is 0 Å². The van der Waals surface area contributed by atoms with Gasteiger partial charge in [0.05, 0.1) is 0 Å². The Morgan fingerprint density at radius 1 is 1.37 bits per heavy atom. The van der Waals surface area contributed by atoms with Gasteiger partial charge in [0, 0.05) is 29.8 Å². The summed E-state index contributed by atoms with van der Waals surface area (Å²) in [6.45, 7) is 2.11. The zero-order valence-corrected chi connectivity index (χ0v) is 12.8. The van der Waals surface area contributed by atoms with Crippen LogP contribution in [0.15, 0.2) is 18.2 Å². The van der Waals surface area contributed by atoms with Crippen LogP contribution in [0.3, 0.4) is 0 Å². The molecular weight excluding hydrogens is 256 g/mol. The van der Waals surface area contributed by atoms with Gasteiger partial charge in [0.1, 0.15) is 0 Å². The number of rotatable bonds is 5. The lowest BCUT2D eigenvalue weighted by Crippen LogP contribution is -2.28. The minimum atomic E-state index is 0.205. The number of hydrogen-bond acceptors (Lipinski definition) is 2. The van der Waals surface area contributed by atoms with Crippen LogP contribution in [0.5, 0.6) is 0 Å². The van der Waals surface area contributed by atoms with Crippen molar-refractivity contribution >= 4 is 17.3 Å². The van der Waals surface area contributed by atoms with Gasteiger partial charge >= 0.3 is 0 Å². The maximum atomic E-state index is 6.40. The zero-order chi connectivity index (χ0) is 13.8. The number of nitrogens with two attached hydrogens (primary N) is 1. The largest absolute Gasteiger partial charge is 0.372 e. The summed E-state index contributed by atoms with van der Waals surface area (Å²) in [5, 5.41) is 0.853. The van der Waals surface area contributed by atoms with E-state index in [1.165, 1.54) is 36.9 Å². The molecule has 0 radical (unpaired) electrons. The van der Waals surface area contributed by atoms with Crippen molar-refractivity contribution in [3.8, 4) is 0 Å². The van der Waals surface area contributed by atoms with Crippen LogP contribution in [-0.4, -0.2) is 19.1 Å². The fraction of sp³-hybridized carbons (Fsp3) is 0.625. The van der Waals surface area contributed by atoms with Gasteiger partial charge in [-0.2, -0.15) is 0 Å². The summed E-state index contributed by atoms with van der Waals surface area (Å²) in [5.41, 5.74) is 8.40. The number of nitrogens with zero attached hydrogens (tertiary/aromatic N) is 1. The summed E-state index contributed by atoms with van der Waals surface area (Å²) in [5.74, 6) is 0. The molecule has 2 N–H and O–H groups in total. The third-order valence-corrected chi connectivity index (χ3v) is 4.67. The molecule has 1 unspecified atom stereocenters. The predicted molar refractivity (Wildman–Crippen MR) is 84.1 cm³/mol. The Kier molecular flexibility index (Phi) is 5.12. The Morgan fingerprint density at radius 3 is 2.63 bits per heavy atom. The molecular formula is C16H25ClN2. The van der Waals surface area contributed by atoms with Gasteiger partial charge in [-0.05, 0) is 43.4 Å². The first-order valence-electron chi connectivity index (χ1n) is 7.38. The van der Waals surface area contributed by atoms with Crippen molar-refractivity contribution in [2.75, 3.05) is 11.9 Å². The van der Waals surface area contributed by atoms with E-state index in [4.69, 9.17) is 17.3 Å². The van der Waals surface area contributed by atoms with Gasteiger partial charge in [0.15, 0.2) is 0 Å². The van der Waals surface area contributed by atoms with Gasteiger partial charge in [-0.1, -0.05) is 37.4 Å². The van der Waals surface area contributed by atoms with E-state index in [1.54, 1.807) is 0 Å². The van der Waals surface area contributed by atoms with E-state index in [9.17, 15) is 0 Å². The topological polar surface area (TPSA) is 29.3 Å². The predicted octanol–water partition coefficient (Wildman–Crippen LogP) is 4.00. The fourth-order valence-corrected chi connectivity index (χ4v) is 3.10. The molecule has 0 amide bonds. The van der Waals surface area contributed by atoms with Crippen LogP contribution in [0.1, 0.15) is 44.6 Å². The van der Waals surface area contributed by atoms with Crippen molar-refractivity contribution in [1.29, 1.82) is 0 Å². The Hall–Kier alpha value is -0.730. The standard InChI is InChI=1S/C16H25ClN2/c1-3-13(18)10-12-8-9-15(11-16(12)17)19(2)14-6-4-5-7-14/h8-9,11,13-14H,3-7,10,18H2,1-2H3. The molecule has 0 aliphatic heterocycles. The lowest BCUT2D eigenvalue weighted by molar-refractivity contribution is 0.644. The summed E-state index contributed by atoms with van der Waals surface area (Å²) in [6.07, 6.45) is 7.16. The maximum absolute atomic E-state index is 6.40. The highest BCUT2D eigenvalue weighted by Gasteiger charge is 2.20. The van der Waals surface area contributed by atoms with Crippen molar-refractivity contribution in [1.82, 2.24) is 0 Å². The van der Waals surface area contributed by atoms with Crippen LogP contribution in [0, 0.1) is 0 Å². The van der Waals surface area contributed by atoms with E-state index in [0.29, 0.717) is 6.04 Å². The maximum Gasteiger partial charge on any atom is 0.0459 e. The minimum Gasteiger partial charge on any atom is -0.372 e. The molecule has 2 rings (SSSR count). The Labute approximate surface area is 121 Å². The molecule has 1 aromatic carbocycles. The van der Waals surface area contributed by atoms with Crippen molar-refractivity contribution in [2.45, 2.75) is 57.5 Å². The smallest absolute Gasteiger partial charge is 0.0459 e. The lowest BCUT2D eigenvalue weighted by atomic mass is 10.0. The molecule has 0 spiro atoms. The van der Waals surface area contributed by atoms with Crippen LogP contribution >= 0.6 is 11.6 Å². The second kappa shape index (κ2) is 6.62. The highest BCUT2D eigenvalue weighted by Crippen LogP contribution is 2.30. The number of benzene rings is 1. The monoisotopic (exact) mass is 280 g/mol. The van der Waals surface area contributed by atoms with Crippen molar-refractivity contribution in [2.24, 2.45) is 5.73 Å². The van der Waals surface area contributed by atoms with E-state index in [-0.39, 0.29) is 6.04 Å². The van der Waals surface area contributed by atoms with Crippen LogP contribution in [-0.2, 0) is 6.42 Å². The van der Waals surface area contributed by atoms with Crippen LogP contribution in [0.2, 0.25) is 5.02 Å². The normalized spacial score (nSPS) is 17.7. The Balaban J connectivity index is 2.09. The molecule has 0 bridgehead atoms. The number of halogens is 1. The summed E-state index contributed by atoms with van der Waals surface area (Å²) < 4.78 is 0. The second-order valence-electron chi connectivity index (χ2n) is 5.70. The van der Waals surface area contributed by atoms with Gasteiger partial charge in [-0.3, -0.25) is 0 Å². The fourth-order valence-electron chi connectivity index (χ4n) is 2.85. The molecule has 0 saturated heterocycles. The lowest BCUT2D eigenvalue weighted by Gasteiger charge is -2.27. The first-order valence-corrected chi connectivity index (χ1v) is 7.76. The molecule has 1 aliphatic rings. The van der Waals surface area contributed by atoms with E-state index in [2.05, 4.69) is 37.1 Å². The average Bonchev–Trinajstić information content (AvgIpc) is 2.94. The minimum absolute atomic E-state index is 0.205. The number of anilines is 1. The van der Waals surface area contributed by atoms with E-state index in [0.717, 1.165) is 17.9 Å². The molecule has 19 heavy (non-hydrogen) atoms. The van der Waals surface area contributed by atoms with Crippen molar-refractivity contribution in [3.63, 3.8) is 0 Å². The molecule has 1 aliphatic carbocycles. The number of hydrogen-bond donors (Lipinski definition) is 1. The molecule has 0 aromatic heterocycles. The molecule has 2 nitrogen and oxygen atoms in total. The molecule has 0 heterocycles. The third kappa shape index (κ3) is 3.64. The van der Waals surface area contributed by atoms with Gasteiger partial charge in [0.2, 0.25) is 0 Å². The second-order valence-corrected chi connectivity index (χ2v) is 6.10. The molecule has 1 atom stereocenters. The first-order chi connectivity index (χ1) is 9.11. The van der Waals surface area contributed by atoms with Crippen LogP contribution in [0.25, 0.3) is 0 Å².